The van der Waals surface area contributed by atoms with Crippen molar-refractivity contribution in [2.45, 2.75) is 206 Å². The summed E-state index contributed by atoms with van der Waals surface area (Å²) >= 11 is 0. The maximum Gasteiger partial charge on any atom is 0.472 e. The molecule has 3 atom stereocenters. The zero-order valence-electron chi connectivity index (χ0n) is 39.3. The number of phosphoric ester groups is 1. The Hall–Kier alpha value is -2.36. The molecule has 0 fully saturated rings. The van der Waals surface area contributed by atoms with E-state index in [9.17, 15) is 19.4 Å². The molecule has 3 N–H and O–H groups in total. The molecule has 0 saturated heterocycles. The summed E-state index contributed by atoms with van der Waals surface area (Å²) in [5.74, 6) is -0.440. The summed E-state index contributed by atoms with van der Waals surface area (Å²) in [5, 5.41) is 18.4. The van der Waals surface area contributed by atoms with Gasteiger partial charge < -0.3 is 24.6 Å². The first-order valence-corrected chi connectivity index (χ1v) is 26.1. The van der Waals surface area contributed by atoms with Crippen LogP contribution in [0.4, 0.5) is 0 Å². The van der Waals surface area contributed by atoms with Gasteiger partial charge in [-0.15, -0.1) is 0 Å². The molecule has 62 heavy (non-hydrogen) atoms. The van der Waals surface area contributed by atoms with Gasteiger partial charge in [-0.3, -0.25) is 13.8 Å². The van der Waals surface area contributed by atoms with Gasteiger partial charge in [0.15, 0.2) is 0 Å². The van der Waals surface area contributed by atoms with Gasteiger partial charge in [-0.05, 0) is 64.2 Å². The minimum Gasteiger partial charge on any atom is -0.457 e. The third-order valence-electron chi connectivity index (χ3n) is 10.1. The predicted molar refractivity (Wildman–Crippen MR) is 260 cm³/mol. The molecule has 0 aromatic rings. The molecule has 0 rings (SSSR count). The number of aliphatic hydroxyl groups is 2. The van der Waals surface area contributed by atoms with Crippen LogP contribution in [0.1, 0.15) is 194 Å². The number of unbranched alkanes of at least 4 members (excludes halogenated alkanes) is 18. The minimum absolute atomic E-state index is 0.0236. The number of phosphoric acid groups is 1. The van der Waals surface area contributed by atoms with Gasteiger partial charge in [0.25, 0.3) is 0 Å². The van der Waals surface area contributed by atoms with Crippen LogP contribution in [-0.2, 0) is 27.9 Å². The highest BCUT2D eigenvalue weighted by Gasteiger charge is 2.26. The second-order valence-electron chi connectivity index (χ2n) is 16.1. The number of rotatable bonds is 46. The zero-order chi connectivity index (χ0) is 45.3. The fraction of sp³-hybridized carbons (Fsp3) is 0.712. The average molecular weight is 891 g/mol. The third kappa shape index (κ3) is 47.1. The third-order valence-corrected chi connectivity index (χ3v) is 11.0. The Labute approximate surface area is 379 Å². The molecular formula is C52H91O9P. The Morgan fingerprint density at radius 1 is 0.516 bits per heavy atom. The smallest absolute Gasteiger partial charge is 0.457 e. The normalized spacial score (nSPS) is 14.6. The summed E-state index contributed by atoms with van der Waals surface area (Å²) in [6.07, 6.45) is 59.8. The van der Waals surface area contributed by atoms with Crippen molar-refractivity contribution in [3.8, 4) is 0 Å². The van der Waals surface area contributed by atoms with Gasteiger partial charge in [0.2, 0.25) is 0 Å². The van der Waals surface area contributed by atoms with Crippen LogP contribution in [0.15, 0.2) is 85.1 Å². The molecule has 0 aliphatic rings. The van der Waals surface area contributed by atoms with E-state index in [4.69, 9.17) is 23.6 Å². The Morgan fingerprint density at radius 3 is 1.32 bits per heavy atom. The fourth-order valence-corrected chi connectivity index (χ4v) is 7.19. The van der Waals surface area contributed by atoms with Crippen molar-refractivity contribution < 1.29 is 43.0 Å². The van der Waals surface area contributed by atoms with E-state index < -0.39 is 45.8 Å². The minimum atomic E-state index is -4.54. The van der Waals surface area contributed by atoms with Crippen molar-refractivity contribution >= 4 is 13.8 Å². The highest BCUT2D eigenvalue weighted by atomic mass is 31.2. The van der Waals surface area contributed by atoms with E-state index in [1.807, 2.05) is 0 Å². The number of esters is 1. The summed E-state index contributed by atoms with van der Waals surface area (Å²) < 4.78 is 33.4. The molecule has 0 aromatic carbocycles. The fourth-order valence-electron chi connectivity index (χ4n) is 6.40. The molecular weight excluding hydrogens is 800 g/mol. The first kappa shape index (κ1) is 59.6. The van der Waals surface area contributed by atoms with Crippen molar-refractivity contribution in [2.75, 3.05) is 33.0 Å². The number of ether oxygens (including phenoxy) is 2. The number of aliphatic hydroxyl groups excluding tert-OH is 2. The van der Waals surface area contributed by atoms with Crippen molar-refractivity contribution in [2.24, 2.45) is 0 Å². The first-order chi connectivity index (χ1) is 30.3. The highest BCUT2D eigenvalue weighted by molar-refractivity contribution is 7.47. The van der Waals surface area contributed by atoms with Gasteiger partial charge in [0.05, 0.1) is 26.4 Å². The summed E-state index contributed by atoms with van der Waals surface area (Å²) in [7, 11) is -4.54. The van der Waals surface area contributed by atoms with Crippen LogP contribution in [0.3, 0.4) is 0 Å². The lowest BCUT2D eigenvalue weighted by Crippen LogP contribution is -2.29. The maximum atomic E-state index is 12.6. The lowest BCUT2D eigenvalue weighted by molar-refractivity contribution is -0.154. The largest absolute Gasteiger partial charge is 0.472 e. The molecule has 0 aliphatic carbocycles. The summed E-state index contributed by atoms with van der Waals surface area (Å²) in [6.45, 7) is 3.34. The topological polar surface area (TPSA) is 132 Å². The number of carbonyl (C=O) groups excluding carboxylic acids is 1. The number of allylic oxidation sites excluding steroid dienone is 14. The van der Waals surface area contributed by atoms with Gasteiger partial charge in [-0.2, -0.15) is 0 Å². The molecule has 0 radical (unpaired) electrons. The van der Waals surface area contributed by atoms with Crippen molar-refractivity contribution in [3.05, 3.63) is 85.1 Å². The van der Waals surface area contributed by atoms with E-state index in [1.165, 1.54) is 96.3 Å². The number of carbonyl (C=O) groups is 1. The number of hydrogen-bond acceptors (Lipinski definition) is 8. The second kappa shape index (κ2) is 48.1. The molecule has 0 aliphatic heterocycles. The summed E-state index contributed by atoms with van der Waals surface area (Å²) in [4.78, 5) is 22.6. The zero-order valence-corrected chi connectivity index (χ0v) is 40.2. The summed E-state index contributed by atoms with van der Waals surface area (Å²) in [5.41, 5.74) is 0. The van der Waals surface area contributed by atoms with Crippen LogP contribution in [0, 0.1) is 0 Å². The van der Waals surface area contributed by atoms with E-state index >= 15 is 0 Å². The second-order valence-corrected chi connectivity index (χ2v) is 17.6. The van der Waals surface area contributed by atoms with Gasteiger partial charge in [0.1, 0.15) is 12.2 Å². The monoisotopic (exact) mass is 891 g/mol. The Morgan fingerprint density at radius 2 is 0.903 bits per heavy atom. The molecule has 0 saturated carbocycles. The molecule has 0 spiro atoms. The Balaban J connectivity index is 4.23. The lowest BCUT2D eigenvalue weighted by atomic mass is 10.0. The van der Waals surface area contributed by atoms with Crippen LogP contribution in [0.5, 0.6) is 0 Å². The van der Waals surface area contributed by atoms with Gasteiger partial charge >= 0.3 is 13.8 Å². The quantitative estimate of drug-likeness (QED) is 0.0236. The molecule has 10 heteroatoms. The van der Waals surface area contributed by atoms with E-state index in [0.717, 1.165) is 70.6 Å². The first-order valence-electron chi connectivity index (χ1n) is 24.6. The standard InChI is InChI=1S/C52H91O9P/c1-3-5-7-9-11-13-15-17-19-21-23-24-25-26-27-28-30-32-34-36-38-40-42-44-52(55)61-51(49-60-62(56,57)59-47-50(54)46-53)48-58-45-43-41-39-37-35-33-31-29-22-20-18-16-14-12-10-8-6-4-2/h5,7,11,13,17,19,23-24,26-27,30,32,36,38,50-51,53-54H,3-4,6,8-10,12,14-16,18,20-22,25,28-29,31,33-35,37,39-49H2,1-2H3,(H,56,57)/b7-5-,13-11-,19-17-,24-23-,27-26-,32-30-,38-36-. The van der Waals surface area contributed by atoms with Crippen molar-refractivity contribution in [3.63, 3.8) is 0 Å². The van der Waals surface area contributed by atoms with Crippen molar-refractivity contribution in [1.82, 2.24) is 0 Å². The lowest BCUT2D eigenvalue weighted by Gasteiger charge is -2.20. The maximum absolute atomic E-state index is 12.6. The SMILES string of the molecule is CC/C=C\C/C=C\C/C=C\C/C=C\C/C=C\C/C=C\C/C=C\CCCC(=O)OC(COCCCCCCCCCCCCCCCCCCCC)COP(=O)(O)OCC(O)CO. The van der Waals surface area contributed by atoms with Gasteiger partial charge in [0, 0.05) is 13.0 Å². The Kier molecular flexibility index (Phi) is 46.3. The Bertz CT molecular complexity index is 1240. The van der Waals surface area contributed by atoms with Crippen LogP contribution in [0.2, 0.25) is 0 Å². The van der Waals surface area contributed by atoms with Crippen LogP contribution in [-0.4, -0.2) is 66.3 Å². The van der Waals surface area contributed by atoms with Crippen LogP contribution < -0.4 is 0 Å². The molecule has 358 valence electrons. The number of hydrogen-bond donors (Lipinski definition) is 3. The summed E-state index contributed by atoms with van der Waals surface area (Å²) in [6, 6.07) is 0. The molecule has 0 bridgehead atoms. The van der Waals surface area contributed by atoms with E-state index in [0.29, 0.717) is 13.0 Å². The van der Waals surface area contributed by atoms with Crippen LogP contribution in [0.25, 0.3) is 0 Å². The van der Waals surface area contributed by atoms with Gasteiger partial charge in [-0.25, -0.2) is 4.57 Å². The van der Waals surface area contributed by atoms with E-state index in [1.54, 1.807) is 0 Å². The van der Waals surface area contributed by atoms with E-state index in [2.05, 4.69) is 98.9 Å². The van der Waals surface area contributed by atoms with Gasteiger partial charge in [-0.1, -0.05) is 208 Å². The molecule has 9 nitrogen and oxygen atoms in total. The van der Waals surface area contributed by atoms with Crippen LogP contribution >= 0.6 is 7.82 Å². The average Bonchev–Trinajstić information content (AvgIpc) is 3.26. The van der Waals surface area contributed by atoms with E-state index in [-0.39, 0.29) is 13.0 Å². The highest BCUT2D eigenvalue weighted by Crippen LogP contribution is 2.43. The molecule has 0 aromatic heterocycles. The molecule has 0 heterocycles. The molecule has 0 amide bonds. The molecule has 3 unspecified atom stereocenters. The van der Waals surface area contributed by atoms with Crippen molar-refractivity contribution in [1.29, 1.82) is 0 Å². The predicted octanol–water partition coefficient (Wildman–Crippen LogP) is 14.3.